The normalized spacial score (nSPS) is 13.8. The lowest BCUT2D eigenvalue weighted by atomic mass is 10.0. The molecule has 2 aromatic carbocycles. The number of carbonyl (C=O) groups is 1. The molecule has 1 heterocycles. The molecule has 0 unspecified atom stereocenters. The van der Waals surface area contributed by atoms with Crippen LogP contribution >= 0.6 is 23.2 Å². The molecule has 26 heavy (non-hydrogen) atoms. The second-order valence-electron chi connectivity index (χ2n) is 5.56. The van der Waals surface area contributed by atoms with Crippen LogP contribution in [-0.2, 0) is 19.6 Å². The molecule has 136 valence electrons. The van der Waals surface area contributed by atoms with Crippen LogP contribution in [0.4, 0.5) is 5.69 Å². The van der Waals surface area contributed by atoms with Crippen molar-refractivity contribution in [1.29, 1.82) is 0 Å². The molecule has 0 radical (unpaired) electrons. The van der Waals surface area contributed by atoms with Crippen molar-refractivity contribution in [1.82, 2.24) is 0 Å². The fourth-order valence-corrected chi connectivity index (χ4v) is 4.38. The number of esters is 1. The topological polar surface area (TPSA) is 63.7 Å². The van der Waals surface area contributed by atoms with E-state index in [4.69, 9.17) is 27.9 Å². The van der Waals surface area contributed by atoms with Crippen LogP contribution in [0.2, 0.25) is 10.0 Å². The standard InChI is InChI=1S/C18H15Cl2NO4S/c1-2-25-18(22)13-9-12-3-4-15(20)10-17(12)21(11-13)26(23,24)16-7-5-14(19)6-8-16/h3-10H,2,11H2,1H3. The zero-order valence-corrected chi connectivity index (χ0v) is 16.1. The first kappa shape index (κ1) is 18.8. The Morgan fingerprint density at radius 1 is 1.12 bits per heavy atom. The van der Waals surface area contributed by atoms with Crippen molar-refractivity contribution in [3.63, 3.8) is 0 Å². The molecule has 8 heteroatoms. The van der Waals surface area contributed by atoms with Gasteiger partial charge >= 0.3 is 5.97 Å². The molecule has 0 fully saturated rings. The SMILES string of the molecule is CCOC(=O)C1=Cc2ccc(Cl)cc2N(S(=O)(=O)c2ccc(Cl)cc2)C1. The lowest BCUT2D eigenvalue weighted by molar-refractivity contribution is -0.138. The van der Waals surface area contributed by atoms with E-state index in [0.29, 0.717) is 21.3 Å². The van der Waals surface area contributed by atoms with Crippen LogP contribution in [0.5, 0.6) is 0 Å². The smallest absolute Gasteiger partial charge is 0.335 e. The molecule has 1 aliphatic heterocycles. The van der Waals surface area contributed by atoms with Gasteiger partial charge in [0.25, 0.3) is 10.0 Å². The number of benzene rings is 2. The summed E-state index contributed by atoms with van der Waals surface area (Å²) in [5.41, 5.74) is 1.22. The number of sulfonamides is 1. The quantitative estimate of drug-likeness (QED) is 0.708. The fourth-order valence-electron chi connectivity index (χ4n) is 2.62. The van der Waals surface area contributed by atoms with Crippen molar-refractivity contribution in [2.24, 2.45) is 0 Å². The molecule has 0 aromatic heterocycles. The second-order valence-corrected chi connectivity index (χ2v) is 8.29. The van der Waals surface area contributed by atoms with Gasteiger partial charge in [-0.05, 0) is 55.0 Å². The number of nitrogens with zero attached hydrogens (tertiary/aromatic N) is 1. The minimum atomic E-state index is -3.92. The van der Waals surface area contributed by atoms with E-state index < -0.39 is 16.0 Å². The molecular weight excluding hydrogens is 397 g/mol. The highest BCUT2D eigenvalue weighted by Crippen LogP contribution is 2.35. The lowest BCUT2D eigenvalue weighted by Gasteiger charge is -2.30. The number of anilines is 1. The van der Waals surface area contributed by atoms with E-state index in [0.717, 1.165) is 4.31 Å². The van der Waals surface area contributed by atoms with Gasteiger partial charge < -0.3 is 4.74 Å². The van der Waals surface area contributed by atoms with Gasteiger partial charge in [0.1, 0.15) is 0 Å². The van der Waals surface area contributed by atoms with Gasteiger partial charge in [0.2, 0.25) is 0 Å². The Balaban J connectivity index is 2.12. The van der Waals surface area contributed by atoms with Crippen molar-refractivity contribution in [3.05, 3.63) is 63.6 Å². The number of hydrogen-bond donors (Lipinski definition) is 0. The highest BCUT2D eigenvalue weighted by molar-refractivity contribution is 7.92. The van der Waals surface area contributed by atoms with E-state index >= 15 is 0 Å². The largest absolute Gasteiger partial charge is 0.463 e. The van der Waals surface area contributed by atoms with Crippen LogP contribution in [0, 0.1) is 0 Å². The van der Waals surface area contributed by atoms with Crippen LogP contribution in [-0.4, -0.2) is 27.5 Å². The molecule has 0 amide bonds. The summed E-state index contributed by atoms with van der Waals surface area (Å²) in [5.74, 6) is -0.551. The van der Waals surface area contributed by atoms with E-state index in [9.17, 15) is 13.2 Å². The summed E-state index contributed by atoms with van der Waals surface area (Å²) in [6, 6.07) is 10.7. The number of fused-ring (bicyclic) bond motifs is 1. The zero-order valence-electron chi connectivity index (χ0n) is 13.8. The zero-order chi connectivity index (χ0) is 18.9. The summed E-state index contributed by atoms with van der Waals surface area (Å²) in [7, 11) is -3.92. The van der Waals surface area contributed by atoms with Crippen molar-refractivity contribution >= 4 is 51.0 Å². The Labute approximate surface area is 161 Å². The monoisotopic (exact) mass is 411 g/mol. The van der Waals surface area contributed by atoms with Gasteiger partial charge in [0.05, 0.1) is 29.3 Å². The fraction of sp³-hybridized carbons (Fsp3) is 0.167. The third-order valence-corrected chi connectivity index (χ3v) is 6.11. The molecule has 1 aliphatic rings. The van der Waals surface area contributed by atoms with Crippen LogP contribution in [0.3, 0.4) is 0 Å². The Kier molecular flexibility index (Phi) is 5.27. The number of ether oxygens (including phenoxy) is 1. The minimum absolute atomic E-state index is 0.0675. The van der Waals surface area contributed by atoms with Crippen molar-refractivity contribution in [2.75, 3.05) is 17.5 Å². The molecule has 0 bridgehead atoms. The molecule has 0 atom stereocenters. The number of hydrogen-bond acceptors (Lipinski definition) is 4. The first-order valence-corrected chi connectivity index (χ1v) is 9.98. The second kappa shape index (κ2) is 7.31. The van der Waals surface area contributed by atoms with Gasteiger partial charge in [-0.15, -0.1) is 0 Å². The summed E-state index contributed by atoms with van der Waals surface area (Å²) < 4.78 is 32.5. The molecule has 3 rings (SSSR count). The Morgan fingerprint density at radius 2 is 1.77 bits per heavy atom. The van der Waals surface area contributed by atoms with Crippen LogP contribution in [0.1, 0.15) is 12.5 Å². The Hall–Kier alpha value is -2.02. The first-order chi connectivity index (χ1) is 12.3. The number of carbonyl (C=O) groups excluding carboxylic acids is 1. The number of rotatable bonds is 4. The highest BCUT2D eigenvalue weighted by atomic mass is 35.5. The van der Waals surface area contributed by atoms with Crippen molar-refractivity contribution in [3.8, 4) is 0 Å². The van der Waals surface area contributed by atoms with Gasteiger partial charge in [0.15, 0.2) is 0 Å². The predicted octanol–water partition coefficient (Wildman–Crippen LogP) is 4.15. The molecule has 0 saturated heterocycles. The summed E-state index contributed by atoms with van der Waals surface area (Å²) in [4.78, 5) is 12.2. The highest BCUT2D eigenvalue weighted by Gasteiger charge is 2.32. The maximum Gasteiger partial charge on any atom is 0.335 e. The molecule has 0 saturated carbocycles. The van der Waals surface area contributed by atoms with E-state index in [1.807, 2.05) is 0 Å². The van der Waals surface area contributed by atoms with Gasteiger partial charge in [0, 0.05) is 10.0 Å². The number of halogens is 2. The van der Waals surface area contributed by atoms with Crippen molar-refractivity contribution in [2.45, 2.75) is 11.8 Å². The van der Waals surface area contributed by atoms with E-state index in [-0.39, 0.29) is 23.6 Å². The first-order valence-electron chi connectivity index (χ1n) is 7.78. The molecule has 2 aromatic rings. The summed E-state index contributed by atoms with van der Waals surface area (Å²) in [5, 5.41) is 0.825. The maximum atomic E-state index is 13.2. The third kappa shape index (κ3) is 3.58. The van der Waals surface area contributed by atoms with Gasteiger partial charge in [-0.1, -0.05) is 29.3 Å². The average molecular weight is 412 g/mol. The van der Waals surface area contributed by atoms with E-state index in [1.54, 1.807) is 31.2 Å². The summed E-state index contributed by atoms with van der Waals surface area (Å²) in [6.45, 7) is 1.75. The van der Waals surface area contributed by atoms with Gasteiger partial charge in [-0.3, -0.25) is 4.31 Å². The third-order valence-electron chi connectivity index (χ3n) is 3.84. The van der Waals surface area contributed by atoms with Crippen molar-refractivity contribution < 1.29 is 17.9 Å². The average Bonchev–Trinajstić information content (AvgIpc) is 2.61. The van der Waals surface area contributed by atoms with E-state index in [1.165, 1.54) is 24.3 Å². The van der Waals surface area contributed by atoms with Gasteiger partial charge in [-0.2, -0.15) is 0 Å². The van der Waals surface area contributed by atoms with Crippen LogP contribution in [0.15, 0.2) is 52.9 Å². The van der Waals surface area contributed by atoms with Crippen LogP contribution < -0.4 is 4.31 Å². The Morgan fingerprint density at radius 3 is 2.42 bits per heavy atom. The molecule has 5 nitrogen and oxygen atoms in total. The van der Waals surface area contributed by atoms with E-state index in [2.05, 4.69) is 0 Å². The van der Waals surface area contributed by atoms with Gasteiger partial charge in [-0.25, -0.2) is 13.2 Å². The molecule has 0 N–H and O–H groups in total. The molecular formula is C18H15Cl2NO4S. The molecule has 0 aliphatic carbocycles. The molecule has 0 spiro atoms. The Bertz CT molecular complexity index is 985. The lowest BCUT2D eigenvalue weighted by Crippen LogP contribution is -2.37. The van der Waals surface area contributed by atoms with Crippen LogP contribution in [0.25, 0.3) is 6.08 Å². The predicted molar refractivity (Wildman–Crippen MR) is 102 cm³/mol. The summed E-state index contributed by atoms with van der Waals surface area (Å²) >= 11 is 11.9. The maximum absolute atomic E-state index is 13.2. The summed E-state index contributed by atoms with van der Waals surface area (Å²) in [6.07, 6.45) is 1.62. The minimum Gasteiger partial charge on any atom is -0.463 e.